The molecule has 1 fully saturated rings. The van der Waals surface area contributed by atoms with Gasteiger partial charge in [0.15, 0.2) is 0 Å². The topological polar surface area (TPSA) is 104 Å². The molecule has 3 aromatic heterocycles. The Hall–Kier alpha value is -3.52. The van der Waals surface area contributed by atoms with E-state index in [1.165, 1.54) is 6.33 Å². The number of nitrogens with zero attached hydrogens (tertiary/aromatic N) is 5. The number of piperazine rings is 1. The molecule has 1 saturated heterocycles. The van der Waals surface area contributed by atoms with Crippen molar-refractivity contribution in [3.8, 4) is 0 Å². The van der Waals surface area contributed by atoms with Crippen molar-refractivity contribution in [2.24, 2.45) is 0 Å². The van der Waals surface area contributed by atoms with Crippen molar-refractivity contribution < 1.29 is 4.79 Å². The van der Waals surface area contributed by atoms with Gasteiger partial charge in [0.25, 0.3) is 0 Å². The van der Waals surface area contributed by atoms with E-state index in [4.69, 9.17) is 5.73 Å². The fourth-order valence-electron chi connectivity index (χ4n) is 3.86. The Balaban J connectivity index is 1.25. The molecule has 0 radical (unpaired) electrons. The van der Waals surface area contributed by atoms with Crippen molar-refractivity contribution in [2.45, 2.75) is 13.1 Å². The summed E-state index contributed by atoms with van der Waals surface area (Å²) in [5.74, 6) is 0.607. The average Bonchev–Trinajstić information content (AvgIpc) is 3.12. The lowest BCUT2D eigenvalue weighted by atomic mass is 10.1. The van der Waals surface area contributed by atoms with Crippen molar-refractivity contribution in [2.75, 3.05) is 25.4 Å². The van der Waals surface area contributed by atoms with Crippen LogP contribution in [0.3, 0.4) is 0 Å². The Morgan fingerprint density at radius 1 is 1.10 bits per heavy atom. The molecule has 8 heteroatoms. The number of carbonyl (C=O) groups is 1. The largest absolute Gasteiger partial charge is 0.383 e. The Bertz CT molecular complexity index is 1170. The molecule has 1 amide bonds. The van der Waals surface area contributed by atoms with Gasteiger partial charge in [0.2, 0.25) is 5.91 Å². The van der Waals surface area contributed by atoms with Gasteiger partial charge in [-0.25, -0.2) is 9.97 Å². The molecule has 1 aliphatic heterocycles. The van der Waals surface area contributed by atoms with Crippen LogP contribution in [0, 0.1) is 0 Å². The van der Waals surface area contributed by atoms with Crippen LogP contribution < -0.4 is 5.73 Å². The molecule has 0 bridgehead atoms. The molecule has 0 unspecified atom stereocenters. The van der Waals surface area contributed by atoms with Gasteiger partial charge in [-0.2, -0.15) is 0 Å². The normalized spacial score (nSPS) is 15.4. The average molecular weight is 387 g/mol. The first-order valence-electron chi connectivity index (χ1n) is 9.56. The number of nitrogens with two attached hydrogens (primary N) is 1. The van der Waals surface area contributed by atoms with Gasteiger partial charge >= 0.3 is 0 Å². The van der Waals surface area contributed by atoms with Crippen LogP contribution in [0.1, 0.15) is 11.3 Å². The SMILES string of the molecule is Nc1ncnc2cc(CN3CCN(Cc4cc5cnccc5[nH]4)CC3=O)ccc12. The van der Waals surface area contributed by atoms with Gasteiger partial charge in [0.1, 0.15) is 12.1 Å². The van der Waals surface area contributed by atoms with Gasteiger partial charge in [-0.1, -0.05) is 6.07 Å². The van der Waals surface area contributed by atoms with Gasteiger partial charge in [-0.15, -0.1) is 0 Å². The van der Waals surface area contributed by atoms with Crippen LogP contribution in [0.5, 0.6) is 0 Å². The minimum atomic E-state index is 0.135. The summed E-state index contributed by atoms with van der Waals surface area (Å²) in [7, 11) is 0. The molecule has 4 heterocycles. The fraction of sp³-hybridized carbons (Fsp3) is 0.238. The van der Waals surface area contributed by atoms with Crippen LogP contribution in [-0.4, -0.2) is 55.3 Å². The summed E-state index contributed by atoms with van der Waals surface area (Å²) in [6.45, 7) is 3.24. The lowest BCUT2D eigenvalue weighted by Gasteiger charge is -2.34. The predicted molar refractivity (Wildman–Crippen MR) is 111 cm³/mol. The maximum atomic E-state index is 12.7. The number of nitrogen functional groups attached to an aromatic ring is 1. The smallest absolute Gasteiger partial charge is 0.237 e. The van der Waals surface area contributed by atoms with Gasteiger partial charge in [-0.3, -0.25) is 14.7 Å². The molecule has 1 aliphatic rings. The second kappa shape index (κ2) is 7.14. The van der Waals surface area contributed by atoms with Crippen molar-refractivity contribution >= 4 is 33.5 Å². The molecule has 8 nitrogen and oxygen atoms in total. The molecule has 0 atom stereocenters. The standard InChI is InChI=1S/C21H21N7O/c22-21-17-2-1-14(7-19(17)24-13-25-21)10-28-6-5-27(12-20(28)29)11-16-8-15-9-23-4-3-18(15)26-16/h1-4,7-9,13,26H,5-6,10-12H2,(H2,22,24,25). The first-order valence-corrected chi connectivity index (χ1v) is 9.56. The molecular formula is C21H21N7O. The second-order valence-corrected chi connectivity index (χ2v) is 7.39. The summed E-state index contributed by atoms with van der Waals surface area (Å²) in [5, 5.41) is 1.93. The molecule has 0 spiro atoms. The number of aromatic nitrogens is 4. The quantitative estimate of drug-likeness (QED) is 0.555. The molecule has 0 aliphatic carbocycles. The van der Waals surface area contributed by atoms with Crippen molar-refractivity contribution in [1.29, 1.82) is 0 Å². The number of hydrogen-bond donors (Lipinski definition) is 2. The first kappa shape index (κ1) is 17.6. The Kier molecular flexibility index (Phi) is 4.33. The third-order valence-electron chi connectivity index (χ3n) is 5.37. The highest BCUT2D eigenvalue weighted by Crippen LogP contribution is 2.20. The molecule has 0 saturated carbocycles. The number of pyridine rings is 1. The third-order valence-corrected chi connectivity index (χ3v) is 5.37. The van der Waals surface area contributed by atoms with Crippen LogP contribution >= 0.6 is 0 Å². The number of rotatable bonds is 4. The van der Waals surface area contributed by atoms with E-state index in [0.717, 1.165) is 46.2 Å². The molecule has 3 N–H and O–H groups in total. The molecular weight excluding hydrogens is 366 g/mol. The molecule has 4 aromatic rings. The van der Waals surface area contributed by atoms with E-state index in [1.54, 1.807) is 6.20 Å². The number of benzene rings is 1. The summed E-state index contributed by atoms with van der Waals surface area (Å²) in [6, 6.07) is 9.95. The maximum absolute atomic E-state index is 12.7. The van der Waals surface area contributed by atoms with Crippen LogP contribution in [0.2, 0.25) is 0 Å². The van der Waals surface area contributed by atoms with E-state index in [-0.39, 0.29) is 5.91 Å². The Morgan fingerprint density at radius 2 is 2.03 bits per heavy atom. The zero-order valence-corrected chi connectivity index (χ0v) is 15.9. The van der Waals surface area contributed by atoms with Gasteiger partial charge in [0, 0.05) is 60.6 Å². The zero-order valence-electron chi connectivity index (χ0n) is 15.9. The van der Waals surface area contributed by atoms with Gasteiger partial charge in [0.05, 0.1) is 12.1 Å². The summed E-state index contributed by atoms with van der Waals surface area (Å²) >= 11 is 0. The summed E-state index contributed by atoms with van der Waals surface area (Å²) < 4.78 is 0. The lowest BCUT2D eigenvalue weighted by molar-refractivity contribution is -0.136. The van der Waals surface area contributed by atoms with E-state index < -0.39 is 0 Å². The molecule has 29 heavy (non-hydrogen) atoms. The Morgan fingerprint density at radius 3 is 2.90 bits per heavy atom. The minimum Gasteiger partial charge on any atom is -0.383 e. The van der Waals surface area contributed by atoms with Crippen LogP contribution in [-0.2, 0) is 17.9 Å². The number of fused-ring (bicyclic) bond motifs is 2. The van der Waals surface area contributed by atoms with Crippen LogP contribution in [0.25, 0.3) is 21.8 Å². The highest BCUT2D eigenvalue weighted by atomic mass is 16.2. The van der Waals surface area contributed by atoms with Crippen molar-refractivity contribution in [3.63, 3.8) is 0 Å². The zero-order chi connectivity index (χ0) is 19.8. The van der Waals surface area contributed by atoms with Crippen molar-refractivity contribution in [3.05, 3.63) is 60.3 Å². The summed E-state index contributed by atoms with van der Waals surface area (Å²) in [5.41, 5.74) is 9.90. The predicted octanol–water partition coefficient (Wildman–Crippen LogP) is 1.93. The first-order chi connectivity index (χ1) is 14.2. The van der Waals surface area contributed by atoms with E-state index in [1.807, 2.05) is 35.4 Å². The monoisotopic (exact) mass is 387 g/mol. The maximum Gasteiger partial charge on any atom is 0.237 e. The summed E-state index contributed by atoms with van der Waals surface area (Å²) in [6.07, 6.45) is 5.09. The van der Waals surface area contributed by atoms with E-state index in [2.05, 4.69) is 30.9 Å². The lowest BCUT2D eigenvalue weighted by Crippen LogP contribution is -2.49. The summed E-state index contributed by atoms with van der Waals surface area (Å²) in [4.78, 5) is 32.6. The fourth-order valence-corrected chi connectivity index (χ4v) is 3.86. The Labute approximate surface area is 167 Å². The third kappa shape index (κ3) is 3.50. The van der Waals surface area contributed by atoms with E-state index >= 15 is 0 Å². The van der Waals surface area contributed by atoms with E-state index in [9.17, 15) is 4.79 Å². The number of hydrogen-bond acceptors (Lipinski definition) is 6. The number of aromatic amines is 1. The second-order valence-electron chi connectivity index (χ2n) is 7.39. The number of amides is 1. The van der Waals surface area contributed by atoms with E-state index in [0.29, 0.717) is 25.5 Å². The number of carbonyl (C=O) groups excluding carboxylic acids is 1. The minimum absolute atomic E-state index is 0.135. The number of H-pyrrole nitrogens is 1. The number of nitrogens with one attached hydrogen (secondary N) is 1. The van der Waals surface area contributed by atoms with Crippen LogP contribution in [0.4, 0.5) is 5.82 Å². The number of anilines is 1. The molecule has 1 aromatic carbocycles. The van der Waals surface area contributed by atoms with Crippen molar-refractivity contribution in [1.82, 2.24) is 29.7 Å². The highest BCUT2D eigenvalue weighted by Gasteiger charge is 2.24. The molecule has 5 rings (SSSR count). The van der Waals surface area contributed by atoms with Crippen LogP contribution in [0.15, 0.2) is 49.1 Å². The van der Waals surface area contributed by atoms with Gasteiger partial charge < -0.3 is 15.6 Å². The highest BCUT2D eigenvalue weighted by molar-refractivity contribution is 5.88. The molecule has 146 valence electrons. The van der Waals surface area contributed by atoms with Gasteiger partial charge in [-0.05, 0) is 29.8 Å².